The first-order valence-electron chi connectivity index (χ1n) is 9.47. The van der Waals surface area contributed by atoms with Crippen LogP contribution in [0.5, 0.6) is 11.5 Å². The Morgan fingerprint density at radius 1 is 1.00 bits per heavy atom. The Labute approximate surface area is 184 Å². The number of carbonyl (C=O) groups excluding carboxylic acids is 2. The number of aromatic nitrogens is 1. The van der Waals surface area contributed by atoms with E-state index in [1.54, 1.807) is 14.2 Å². The van der Waals surface area contributed by atoms with Crippen molar-refractivity contribution < 1.29 is 23.8 Å². The van der Waals surface area contributed by atoms with Crippen LogP contribution >= 0.6 is 11.3 Å². The molecule has 0 aliphatic heterocycles. The molecule has 0 aliphatic rings. The monoisotopic (exact) mass is 441 g/mol. The van der Waals surface area contributed by atoms with Gasteiger partial charge >= 0.3 is 12.0 Å². The van der Waals surface area contributed by atoms with Gasteiger partial charge in [0, 0.05) is 17.5 Å². The number of rotatable bonds is 9. The molecular weight excluding hydrogens is 418 g/mol. The normalized spacial score (nSPS) is 10.3. The van der Waals surface area contributed by atoms with E-state index in [9.17, 15) is 9.59 Å². The van der Waals surface area contributed by atoms with Gasteiger partial charge in [-0.3, -0.25) is 4.79 Å². The van der Waals surface area contributed by atoms with Gasteiger partial charge in [-0.15, -0.1) is 11.3 Å². The number of thiazole rings is 1. The SMILES string of the molecule is COc1ccc(-c2nc(COC(=O)CNC(=O)NCc3ccccc3)cs2)cc1OC. The summed E-state index contributed by atoms with van der Waals surface area (Å²) in [6, 6.07) is 14.6. The summed E-state index contributed by atoms with van der Waals surface area (Å²) in [7, 11) is 3.15. The number of ether oxygens (including phenoxy) is 3. The second kappa shape index (κ2) is 11.0. The van der Waals surface area contributed by atoms with Gasteiger partial charge in [-0.25, -0.2) is 9.78 Å². The van der Waals surface area contributed by atoms with E-state index in [1.807, 2.05) is 53.9 Å². The fraction of sp³-hybridized carbons (Fsp3) is 0.227. The first-order valence-corrected chi connectivity index (χ1v) is 10.3. The van der Waals surface area contributed by atoms with Gasteiger partial charge in [0.1, 0.15) is 18.2 Å². The van der Waals surface area contributed by atoms with E-state index in [4.69, 9.17) is 14.2 Å². The lowest BCUT2D eigenvalue weighted by molar-refractivity contribution is -0.143. The molecule has 2 N–H and O–H groups in total. The fourth-order valence-corrected chi connectivity index (χ4v) is 3.48. The molecule has 0 fully saturated rings. The Morgan fingerprint density at radius 2 is 1.77 bits per heavy atom. The minimum absolute atomic E-state index is 0.0237. The molecule has 0 unspecified atom stereocenters. The van der Waals surface area contributed by atoms with Gasteiger partial charge in [0.05, 0.1) is 19.9 Å². The van der Waals surface area contributed by atoms with Crippen molar-refractivity contribution in [2.75, 3.05) is 20.8 Å². The zero-order chi connectivity index (χ0) is 22.1. The van der Waals surface area contributed by atoms with Gasteiger partial charge in [-0.05, 0) is 23.8 Å². The molecule has 0 bridgehead atoms. The molecule has 1 heterocycles. The second-order valence-electron chi connectivity index (χ2n) is 6.40. The minimum Gasteiger partial charge on any atom is -0.493 e. The highest BCUT2D eigenvalue weighted by atomic mass is 32.1. The van der Waals surface area contributed by atoms with Gasteiger partial charge in [-0.1, -0.05) is 30.3 Å². The number of methoxy groups -OCH3 is 2. The van der Waals surface area contributed by atoms with Crippen LogP contribution in [-0.4, -0.2) is 37.7 Å². The van der Waals surface area contributed by atoms with Crippen molar-refractivity contribution in [3.05, 3.63) is 65.2 Å². The maximum atomic E-state index is 11.9. The van der Waals surface area contributed by atoms with Crippen molar-refractivity contribution in [3.63, 3.8) is 0 Å². The molecule has 1 aromatic heterocycles. The maximum Gasteiger partial charge on any atom is 0.325 e. The highest BCUT2D eigenvalue weighted by Gasteiger charge is 2.11. The van der Waals surface area contributed by atoms with Gasteiger partial charge in [0.15, 0.2) is 11.5 Å². The number of urea groups is 1. The van der Waals surface area contributed by atoms with Gasteiger partial charge in [-0.2, -0.15) is 0 Å². The largest absolute Gasteiger partial charge is 0.493 e. The van der Waals surface area contributed by atoms with E-state index in [2.05, 4.69) is 15.6 Å². The Balaban J connectivity index is 1.44. The zero-order valence-electron chi connectivity index (χ0n) is 17.2. The molecule has 0 aliphatic carbocycles. The van der Waals surface area contributed by atoms with Gasteiger partial charge in [0.25, 0.3) is 0 Å². The summed E-state index contributed by atoms with van der Waals surface area (Å²) in [6.45, 7) is 0.169. The second-order valence-corrected chi connectivity index (χ2v) is 7.25. The van der Waals surface area contributed by atoms with Crippen LogP contribution < -0.4 is 20.1 Å². The quantitative estimate of drug-likeness (QED) is 0.494. The van der Waals surface area contributed by atoms with E-state index in [0.717, 1.165) is 16.1 Å². The number of amides is 2. The molecule has 0 saturated carbocycles. The van der Waals surface area contributed by atoms with Crippen LogP contribution in [0.2, 0.25) is 0 Å². The smallest absolute Gasteiger partial charge is 0.325 e. The number of benzene rings is 2. The molecular formula is C22H23N3O5S. The summed E-state index contributed by atoms with van der Waals surface area (Å²) in [5.41, 5.74) is 2.46. The van der Waals surface area contributed by atoms with Crippen LogP contribution in [0.3, 0.4) is 0 Å². The summed E-state index contributed by atoms with van der Waals surface area (Å²) in [6.07, 6.45) is 0. The fourth-order valence-electron chi connectivity index (χ4n) is 2.67. The number of hydrogen-bond donors (Lipinski definition) is 2. The standard InChI is InChI=1S/C22H23N3O5S/c1-28-18-9-8-16(10-19(18)29-2)21-25-17(14-31-21)13-30-20(26)12-24-22(27)23-11-15-6-4-3-5-7-15/h3-10,14H,11-13H2,1-2H3,(H2,23,24,27). The van der Waals surface area contributed by atoms with E-state index in [-0.39, 0.29) is 13.2 Å². The Hall–Kier alpha value is -3.59. The van der Waals surface area contributed by atoms with Crippen molar-refractivity contribution in [1.82, 2.24) is 15.6 Å². The van der Waals surface area contributed by atoms with Crippen LogP contribution in [0, 0.1) is 0 Å². The summed E-state index contributed by atoms with van der Waals surface area (Å²) in [4.78, 5) is 28.2. The highest BCUT2D eigenvalue weighted by Crippen LogP contribution is 2.33. The third-order valence-electron chi connectivity index (χ3n) is 4.25. The molecule has 0 spiro atoms. The average Bonchev–Trinajstić information content (AvgIpc) is 3.29. The summed E-state index contributed by atoms with van der Waals surface area (Å²) >= 11 is 1.43. The zero-order valence-corrected chi connectivity index (χ0v) is 18.0. The molecule has 8 nitrogen and oxygen atoms in total. The van der Waals surface area contributed by atoms with Gasteiger partial charge < -0.3 is 24.8 Å². The predicted octanol–water partition coefficient (Wildman–Crippen LogP) is 3.37. The van der Waals surface area contributed by atoms with Crippen LogP contribution in [0.1, 0.15) is 11.3 Å². The number of nitrogens with zero attached hydrogens (tertiary/aromatic N) is 1. The van der Waals surface area contributed by atoms with Crippen molar-refractivity contribution in [2.24, 2.45) is 0 Å². The third-order valence-corrected chi connectivity index (χ3v) is 5.19. The van der Waals surface area contributed by atoms with E-state index in [1.165, 1.54) is 11.3 Å². The first kappa shape index (κ1) is 22.1. The predicted molar refractivity (Wildman–Crippen MR) is 117 cm³/mol. The van der Waals surface area contributed by atoms with Crippen LogP contribution in [0.25, 0.3) is 10.6 Å². The molecule has 2 aromatic carbocycles. The lowest BCUT2D eigenvalue weighted by atomic mass is 10.2. The number of esters is 1. The van der Waals surface area contributed by atoms with Crippen molar-refractivity contribution in [3.8, 4) is 22.1 Å². The summed E-state index contributed by atoms with van der Waals surface area (Å²) in [5, 5.41) is 7.74. The molecule has 2 amide bonds. The lowest BCUT2D eigenvalue weighted by Crippen LogP contribution is -2.38. The Bertz CT molecular complexity index is 1020. The average molecular weight is 442 g/mol. The summed E-state index contributed by atoms with van der Waals surface area (Å²) in [5.74, 6) is 0.701. The van der Waals surface area contributed by atoms with E-state index < -0.39 is 12.0 Å². The van der Waals surface area contributed by atoms with Crippen LogP contribution in [0.15, 0.2) is 53.9 Å². The maximum absolute atomic E-state index is 11.9. The topological polar surface area (TPSA) is 98.8 Å². The molecule has 3 aromatic rings. The Kier molecular flexibility index (Phi) is 7.83. The van der Waals surface area contributed by atoms with Crippen molar-refractivity contribution >= 4 is 23.3 Å². The molecule has 0 atom stereocenters. The molecule has 3 rings (SSSR count). The van der Waals surface area contributed by atoms with E-state index >= 15 is 0 Å². The lowest BCUT2D eigenvalue weighted by Gasteiger charge is -2.08. The van der Waals surface area contributed by atoms with Crippen molar-refractivity contribution in [2.45, 2.75) is 13.2 Å². The summed E-state index contributed by atoms with van der Waals surface area (Å²) < 4.78 is 15.7. The molecule has 31 heavy (non-hydrogen) atoms. The Morgan fingerprint density at radius 3 is 2.52 bits per heavy atom. The highest BCUT2D eigenvalue weighted by molar-refractivity contribution is 7.13. The molecule has 9 heteroatoms. The number of nitrogens with one attached hydrogen (secondary N) is 2. The third kappa shape index (κ3) is 6.45. The minimum atomic E-state index is -0.546. The van der Waals surface area contributed by atoms with Gasteiger partial charge in [0.2, 0.25) is 0 Å². The number of carbonyl (C=O) groups is 2. The van der Waals surface area contributed by atoms with Crippen LogP contribution in [0.4, 0.5) is 4.79 Å². The molecule has 0 saturated heterocycles. The molecule has 0 radical (unpaired) electrons. The molecule has 162 valence electrons. The number of hydrogen-bond acceptors (Lipinski definition) is 7. The first-order chi connectivity index (χ1) is 15.1. The van der Waals surface area contributed by atoms with Crippen LogP contribution in [-0.2, 0) is 22.7 Å². The van der Waals surface area contributed by atoms with E-state index in [0.29, 0.717) is 23.7 Å². The van der Waals surface area contributed by atoms with Crippen molar-refractivity contribution in [1.29, 1.82) is 0 Å².